The Morgan fingerprint density at radius 3 is 2.84 bits per heavy atom. The first-order valence-electron chi connectivity index (χ1n) is 7.43. The molecule has 0 aliphatic heterocycles. The molecular weight excluding hydrogens is 399 g/mol. The Kier molecular flexibility index (Phi) is 6.01. The van der Waals surface area contributed by atoms with Gasteiger partial charge in [0.15, 0.2) is 5.16 Å². The van der Waals surface area contributed by atoms with Crippen LogP contribution in [-0.2, 0) is 12.3 Å². The molecule has 2 heterocycles. The van der Waals surface area contributed by atoms with Crippen LogP contribution in [0.2, 0.25) is 10.0 Å². The van der Waals surface area contributed by atoms with Gasteiger partial charge in [0.1, 0.15) is 0 Å². The first-order valence-corrected chi connectivity index (χ1v) is 10.1. The summed E-state index contributed by atoms with van der Waals surface area (Å²) in [5.74, 6) is 0.866. The molecule has 0 amide bonds. The molecule has 130 valence electrons. The van der Waals surface area contributed by atoms with Gasteiger partial charge in [-0.1, -0.05) is 41.0 Å². The van der Waals surface area contributed by atoms with Crippen LogP contribution < -0.4 is 10.9 Å². The van der Waals surface area contributed by atoms with Crippen molar-refractivity contribution < 1.29 is 0 Å². The van der Waals surface area contributed by atoms with Crippen LogP contribution in [0.5, 0.6) is 0 Å². The first kappa shape index (κ1) is 18.3. The fourth-order valence-electron chi connectivity index (χ4n) is 2.12. The van der Waals surface area contributed by atoms with Crippen LogP contribution in [0.4, 0.5) is 11.5 Å². The maximum Gasteiger partial charge on any atom is 0.297 e. The van der Waals surface area contributed by atoms with Crippen molar-refractivity contribution in [1.82, 2.24) is 14.8 Å². The van der Waals surface area contributed by atoms with E-state index in [9.17, 15) is 4.79 Å². The van der Waals surface area contributed by atoms with Gasteiger partial charge < -0.3 is 5.32 Å². The van der Waals surface area contributed by atoms with Gasteiger partial charge in [-0.3, -0.25) is 9.36 Å². The molecule has 0 bridgehead atoms. The van der Waals surface area contributed by atoms with Gasteiger partial charge in [-0.2, -0.15) is 0 Å². The van der Waals surface area contributed by atoms with Gasteiger partial charge in [-0.05, 0) is 36.6 Å². The average molecular weight is 413 g/mol. The third kappa shape index (κ3) is 4.36. The quantitative estimate of drug-likeness (QED) is 0.573. The average Bonchev–Trinajstić information content (AvgIpc) is 3.12. The van der Waals surface area contributed by atoms with Crippen molar-refractivity contribution >= 4 is 57.8 Å². The van der Waals surface area contributed by atoms with Crippen LogP contribution in [0.3, 0.4) is 0 Å². The lowest BCUT2D eigenvalue weighted by Crippen LogP contribution is -2.26. The molecule has 0 unspecified atom stereocenters. The zero-order chi connectivity index (χ0) is 17.8. The maximum atomic E-state index is 12.7. The summed E-state index contributed by atoms with van der Waals surface area (Å²) >= 11 is 15.3. The molecule has 3 aromatic rings. The van der Waals surface area contributed by atoms with E-state index >= 15 is 0 Å². The molecule has 0 fully saturated rings. The number of halogens is 2. The van der Waals surface area contributed by atoms with E-state index in [0.717, 1.165) is 5.75 Å². The van der Waals surface area contributed by atoms with Crippen molar-refractivity contribution in [2.24, 2.45) is 0 Å². The minimum Gasteiger partial charge on any atom is -0.333 e. The molecule has 0 aliphatic rings. The number of nitrogens with zero attached hydrogens (tertiary/aromatic N) is 3. The molecular formula is C16H14Cl2N4OS2. The van der Waals surface area contributed by atoms with Crippen LogP contribution in [0, 0.1) is 0 Å². The second-order valence-electron chi connectivity index (χ2n) is 5.00. The maximum absolute atomic E-state index is 12.7. The van der Waals surface area contributed by atoms with Crippen LogP contribution >= 0.6 is 46.3 Å². The Morgan fingerprint density at radius 2 is 2.12 bits per heavy atom. The topological polar surface area (TPSA) is 59.8 Å². The molecule has 5 nitrogen and oxygen atoms in total. The summed E-state index contributed by atoms with van der Waals surface area (Å²) in [6.07, 6.45) is 0. The fraction of sp³-hybridized carbons (Fsp3) is 0.188. The third-order valence-corrected chi connectivity index (χ3v) is 5.97. The lowest BCUT2D eigenvalue weighted by Gasteiger charge is -2.12. The second-order valence-corrected chi connectivity index (χ2v) is 7.82. The first-order chi connectivity index (χ1) is 12.1. The summed E-state index contributed by atoms with van der Waals surface area (Å²) < 4.78 is 1.59. The highest BCUT2D eigenvalue weighted by atomic mass is 35.5. The Labute approximate surface area is 163 Å². The largest absolute Gasteiger partial charge is 0.333 e. The molecule has 0 spiro atoms. The number of thiophene rings is 1. The van der Waals surface area contributed by atoms with E-state index in [-0.39, 0.29) is 11.4 Å². The lowest BCUT2D eigenvalue weighted by atomic mass is 10.3. The van der Waals surface area contributed by atoms with E-state index in [1.54, 1.807) is 34.1 Å². The smallest absolute Gasteiger partial charge is 0.297 e. The number of rotatable bonds is 6. The van der Waals surface area contributed by atoms with E-state index in [1.165, 1.54) is 16.6 Å². The summed E-state index contributed by atoms with van der Waals surface area (Å²) in [6.45, 7) is 2.40. The Morgan fingerprint density at radius 1 is 1.28 bits per heavy atom. The fourth-order valence-corrected chi connectivity index (χ4v) is 4.23. The van der Waals surface area contributed by atoms with E-state index in [4.69, 9.17) is 23.2 Å². The number of hydrogen-bond acceptors (Lipinski definition) is 6. The van der Waals surface area contributed by atoms with Gasteiger partial charge in [0.05, 0.1) is 10.7 Å². The zero-order valence-electron chi connectivity index (χ0n) is 13.2. The number of hydrogen-bond donors (Lipinski definition) is 1. The highest BCUT2D eigenvalue weighted by Gasteiger charge is 2.13. The van der Waals surface area contributed by atoms with Crippen molar-refractivity contribution in [3.05, 3.63) is 61.0 Å². The summed E-state index contributed by atoms with van der Waals surface area (Å²) in [6, 6.07) is 9.02. The molecule has 25 heavy (non-hydrogen) atoms. The molecule has 0 saturated carbocycles. The van der Waals surface area contributed by atoms with Gasteiger partial charge >= 0.3 is 0 Å². The van der Waals surface area contributed by atoms with Gasteiger partial charge in [0, 0.05) is 22.2 Å². The normalized spacial score (nSPS) is 10.8. The molecule has 1 aromatic carbocycles. The van der Waals surface area contributed by atoms with Gasteiger partial charge in [0.25, 0.3) is 5.56 Å². The molecule has 0 atom stereocenters. The second kappa shape index (κ2) is 8.23. The number of thioether (sulfide) groups is 1. The van der Waals surface area contributed by atoms with Crippen LogP contribution in [-0.4, -0.2) is 14.8 Å². The predicted octanol–water partition coefficient (Wildman–Crippen LogP) is 5.06. The molecule has 9 heteroatoms. The summed E-state index contributed by atoms with van der Waals surface area (Å²) in [7, 11) is 0. The van der Waals surface area contributed by atoms with E-state index in [1.807, 2.05) is 18.4 Å². The minimum absolute atomic E-state index is 0.117. The SMILES string of the molecule is CCn1c(SCc2cccs2)nnc(Nc2cc(Cl)ccc2Cl)c1=O. The Hall–Kier alpha value is -1.54. The Balaban J connectivity index is 1.86. The zero-order valence-corrected chi connectivity index (χ0v) is 16.3. The van der Waals surface area contributed by atoms with E-state index in [2.05, 4.69) is 21.6 Å². The van der Waals surface area contributed by atoms with Gasteiger partial charge in [-0.25, -0.2) is 0 Å². The van der Waals surface area contributed by atoms with Crippen molar-refractivity contribution in [3.8, 4) is 0 Å². The summed E-state index contributed by atoms with van der Waals surface area (Å²) in [5, 5.41) is 14.7. The molecule has 0 saturated heterocycles. The van der Waals surface area contributed by atoms with Crippen LogP contribution in [0.25, 0.3) is 0 Å². The third-order valence-electron chi connectivity index (χ3n) is 3.34. The highest BCUT2D eigenvalue weighted by molar-refractivity contribution is 7.98. The standard InChI is InChI=1S/C16H14Cl2N4OS2/c1-2-22-15(23)14(19-13-8-10(17)5-6-12(13)18)20-21-16(22)25-9-11-4-3-7-24-11/h3-8H,2,9H2,1H3,(H,19,20). The van der Waals surface area contributed by atoms with Crippen molar-refractivity contribution in [3.63, 3.8) is 0 Å². The van der Waals surface area contributed by atoms with E-state index in [0.29, 0.717) is 27.4 Å². The predicted molar refractivity (Wildman–Crippen MR) is 106 cm³/mol. The van der Waals surface area contributed by atoms with Crippen molar-refractivity contribution in [2.75, 3.05) is 5.32 Å². The number of nitrogens with one attached hydrogen (secondary N) is 1. The molecule has 0 aliphatic carbocycles. The van der Waals surface area contributed by atoms with E-state index < -0.39 is 0 Å². The van der Waals surface area contributed by atoms with Crippen molar-refractivity contribution in [1.29, 1.82) is 0 Å². The monoisotopic (exact) mass is 412 g/mol. The molecule has 1 N–H and O–H groups in total. The summed E-state index contributed by atoms with van der Waals surface area (Å²) in [4.78, 5) is 13.9. The van der Waals surface area contributed by atoms with Crippen molar-refractivity contribution in [2.45, 2.75) is 24.4 Å². The number of aromatic nitrogens is 3. The molecule has 3 rings (SSSR count). The minimum atomic E-state index is -0.248. The van der Waals surface area contributed by atoms with Gasteiger partial charge in [0.2, 0.25) is 5.82 Å². The van der Waals surface area contributed by atoms with Gasteiger partial charge in [-0.15, -0.1) is 21.5 Å². The molecule has 0 radical (unpaired) electrons. The lowest BCUT2D eigenvalue weighted by molar-refractivity contribution is 0.597. The highest BCUT2D eigenvalue weighted by Crippen LogP contribution is 2.27. The number of anilines is 2. The van der Waals surface area contributed by atoms with Crippen LogP contribution in [0.1, 0.15) is 11.8 Å². The number of benzene rings is 1. The molecule has 2 aromatic heterocycles. The van der Waals surface area contributed by atoms with Crippen LogP contribution in [0.15, 0.2) is 45.7 Å². The summed E-state index contributed by atoms with van der Waals surface area (Å²) in [5.41, 5.74) is 0.268. The Bertz CT molecular complexity index is 928.